The number of nitrogens with zero attached hydrogens (tertiary/aromatic N) is 7. The number of nitrogens with one attached hydrogen (secondary N) is 2. The second-order valence-electron chi connectivity index (χ2n) is 10.9. The molecule has 45 heavy (non-hydrogen) atoms. The predicted molar refractivity (Wildman–Crippen MR) is 166 cm³/mol. The van der Waals surface area contributed by atoms with Crippen molar-refractivity contribution in [3.63, 3.8) is 0 Å². The summed E-state index contributed by atoms with van der Waals surface area (Å²) >= 11 is 0. The van der Waals surface area contributed by atoms with Crippen molar-refractivity contribution in [2.24, 2.45) is 5.92 Å². The molecule has 0 saturated carbocycles. The number of piperidine rings is 1. The largest absolute Gasteiger partial charge is 0.495 e. The Kier molecular flexibility index (Phi) is 9.83. The van der Waals surface area contributed by atoms with Crippen molar-refractivity contribution >= 4 is 23.5 Å². The number of carbonyl (C=O) groups excluding carboxylic acids is 2. The second-order valence-corrected chi connectivity index (χ2v) is 10.9. The first-order valence-corrected chi connectivity index (χ1v) is 14.7. The Morgan fingerprint density at radius 1 is 1.09 bits per heavy atom. The maximum atomic E-state index is 12.9. The van der Waals surface area contributed by atoms with Gasteiger partial charge in [0.25, 0.3) is 5.91 Å². The van der Waals surface area contributed by atoms with Gasteiger partial charge in [0.15, 0.2) is 0 Å². The van der Waals surface area contributed by atoms with Crippen molar-refractivity contribution < 1.29 is 19.1 Å². The van der Waals surface area contributed by atoms with Crippen LogP contribution in [0.4, 0.5) is 11.6 Å². The number of hydrogen-bond acceptors (Lipinski definition) is 10. The van der Waals surface area contributed by atoms with Gasteiger partial charge in [0, 0.05) is 50.1 Å². The number of amides is 2. The van der Waals surface area contributed by atoms with Gasteiger partial charge in [0.1, 0.15) is 36.3 Å². The van der Waals surface area contributed by atoms with E-state index >= 15 is 0 Å². The topological polar surface area (TPSA) is 160 Å². The molecule has 232 valence electrons. The fourth-order valence-corrected chi connectivity index (χ4v) is 5.13. The van der Waals surface area contributed by atoms with Gasteiger partial charge in [-0.1, -0.05) is 6.07 Å². The van der Waals surface area contributed by atoms with Crippen LogP contribution in [0.15, 0.2) is 61.4 Å². The van der Waals surface area contributed by atoms with Crippen molar-refractivity contribution in [1.29, 1.82) is 5.26 Å². The first-order valence-electron chi connectivity index (χ1n) is 14.7. The molecule has 0 radical (unpaired) electrons. The van der Waals surface area contributed by atoms with Crippen molar-refractivity contribution in [3.05, 3.63) is 72.6 Å². The number of nitriles is 1. The van der Waals surface area contributed by atoms with E-state index < -0.39 is 0 Å². The highest BCUT2D eigenvalue weighted by atomic mass is 16.5. The van der Waals surface area contributed by atoms with Gasteiger partial charge in [-0.25, -0.2) is 19.6 Å². The van der Waals surface area contributed by atoms with Crippen LogP contribution in [0, 0.1) is 17.2 Å². The average molecular weight is 610 g/mol. The number of benzene rings is 2. The van der Waals surface area contributed by atoms with E-state index in [-0.39, 0.29) is 17.9 Å². The lowest BCUT2D eigenvalue weighted by atomic mass is 9.96. The molecular formula is C32H35N9O4. The zero-order valence-corrected chi connectivity index (χ0v) is 25.4. The standard InChI is InChI=1S/C32H35N9O4/c1-21(18-41-20-34-19-38-41)45-29-12-24(4-5-26(29)14-33)27-16-36-32(37-17-27)39-28-7-6-25(13-30(28)44-3)31(43)35-15-23-8-10-40(11-9-23)22(2)42/h4-7,12-13,16-17,19-21,23H,8-11,15,18H2,1-3H3,(H,35,43)(H,36,37,39). The van der Waals surface area contributed by atoms with Crippen LogP contribution in [-0.4, -0.2) is 74.3 Å². The van der Waals surface area contributed by atoms with Gasteiger partial charge in [-0.05, 0) is 61.6 Å². The Labute approximate surface area is 261 Å². The summed E-state index contributed by atoms with van der Waals surface area (Å²) in [5, 5.41) is 19.8. The average Bonchev–Trinajstić information content (AvgIpc) is 3.57. The first kappa shape index (κ1) is 30.9. The Bertz CT molecular complexity index is 1660. The van der Waals surface area contributed by atoms with Crippen LogP contribution in [0.3, 0.4) is 0 Å². The van der Waals surface area contributed by atoms with Gasteiger partial charge in [-0.2, -0.15) is 10.4 Å². The maximum absolute atomic E-state index is 12.9. The Morgan fingerprint density at radius 2 is 1.87 bits per heavy atom. The fourth-order valence-electron chi connectivity index (χ4n) is 5.13. The third kappa shape index (κ3) is 7.91. The number of hydrogen-bond donors (Lipinski definition) is 2. The molecule has 2 aromatic heterocycles. The minimum absolute atomic E-state index is 0.0940. The smallest absolute Gasteiger partial charge is 0.251 e. The molecule has 5 rings (SSSR count). The highest BCUT2D eigenvalue weighted by molar-refractivity contribution is 5.95. The number of likely N-dealkylation sites (tertiary alicyclic amines) is 1. The third-order valence-electron chi connectivity index (χ3n) is 7.65. The monoisotopic (exact) mass is 609 g/mol. The van der Waals surface area contributed by atoms with E-state index in [0.29, 0.717) is 53.3 Å². The number of rotatable bonds is 11. The summed E-state index contributed by atoms with van der Waals surface area (Å²) in [6, 6.07) is 12.6. The van der Waals surface area contributed by atoms with Crippen LogP contribution >= 0.6 is 0 Å². The van der Waals surface area contributed by atoms with Crippen molar-refractivity contribution in [1.82, 2.24) is 34.9 Å². The molecule has 0 aliphatic carbocycles. The lowest BCUT2D eigenvalue weighted by Gasteiger charge is -2.31. The van der Waals surface area contributed by atoms with Crippen LogP contribution in [0.2, 0.25) is 0 Å². The SMILES string of the molecule is COc1cc(C(=O)NCC2CCN(C(C)=O)CC2)ccc1Nc1ncc(-c2ccc(C#N)c(OC(C)Cn3cncn3)c2)cn1. The van der Waals surface area contributed by atoms with Gasteiger partial charge < -0.3 is 25.0 Å². The van der Waals surface area contributed by atoms with Crippen LogP contribution in [0.5, 0.6) is 11.5 Å². The van der Waals surface area contributed by atoms with E-state index in [0.717, 1.165) is 37.1 Å². The highest BCUT2D eigenvalue weighted by Crippen LogP contribution is 2.30. The summed E-state index contributed by atoms with van der Waals surface area (Å²) < 4.78 is 13.3. The molecule has 2 aromatic carbocycles. The Morgan fingerprint density at radius 3 is 2.53 bits per heavy atom. The van der Waals surface area contributed by atoms with E-state index in [4.69, 9.17) is 9.47 Å². The quantitative estimate of drug-likeness (QED) is 0.256. The number of methoxy groups -OCH3 is 1. The van der Waals surface area contributed by atoms with Crippen LogP contribution in [0.25, 0.3) is 11.1 Å². The summed E-state index contributed by atoms with van der Waals surface area (Å²) in [5.74, 6) is 1.52. The van der Waals surface area contributed by atoms with Gasteiger partial charge >= 0.3 is 0 Å². The maximum Gasteiger partial charge on any atom is 0.251 e. The molecular weight excluding hydrogens is 574 g/mol. The van der Waals surface area contributed by atoms with Crippen LogP contribution in [0.1, 0.15) is 42.6 Å². The molecule has 13 nitrogen and oxygen atoms in total. The summed E-state index contributed by atoms with van der Waals surface area (Å²) in [6.07, 6.45) is 7.91. The predicted octanol–water partition coefficient (Wildman–Crippen LogP) is 3.81. The van der Waals surface area contributed by atoms with E-state index in [9.17, 15) is 14.9 Å². The molecule has 0 bridgehead atoms. The van der Waals surface area contributed by atoms with E-state index in [1.54, 1.807) is 60.7 Å². The molecule has 0 spiro atoms. The summed E-state index contributed by atoms with van der Waals surface area (Å²) in [6.45, 7) is 5.97. The summed E-state index contributed by atoms with van der Waals surface area (Å²) in [4.78, 5) is 39.1. The van der Waals surface area contributed by atoms with Crippen molar-refractivity contribution in [3.8, 4) is 28.7 Å². The molecule has 3 heterocycles. The fraction of sp³-hybridized carbons (Fsp3) is 0.344. The minimum atomic E-state index is -0.249. The Balaban J connectivity index is 1.20. The molecule has 2 N–H and O–H groups in total. The van der Waals surface area contributed by atoms with Gasteiger partial charge in [-0.15, -0.1) is 0 Å². The molecule has 2 amide bonds. The summed E-state index contributed by atoms with van der Waals surface area (Å²) in [7, 11) is 1.53. The van der Waals surface area contributed by atoms with Gasteiger partial charge in [-0.3, -0.25) is 9.59 Å². The Hall–Kier alpha value is -5.51. The zero-order chi connectivity index (χ0) is 31.8. The molecule has 1 atom stereocenters. The molecule has 1 saturated heterocycles. The lowest BCUT2D eigenvalue weighted by Crippen LogP contribution is -2.40. The minimum Gasteiger partial charge on any atom is -0.495 e. The van der Waals surface area contributed by atoms with E-state index in [1.165, 1.54) is 13.4 Å². The lowest BCUT2D eigenvalue weighted by molar-refractivity contribution is -0.130. The number of anilines is 2. The normalized spacial score (nSPS) is 13.9. The zero-order valence-electron chi connectivity index (χ0n) is 25.4. The first-order chi connectivity index (χ1) is 21.8. The van der Waals surface area contributed by atoms with Crippen LogP contribution < -0.4 is 20.1 Å². The molecule has 13 heteroatoms. The number of carbonyl (C=O) groups is 2. The molecule has 4 aromatic rings. The second kappa shape index (κ2) is 14.3. The highest BCUT2D eigenvalue weighted by Gasteiger charge is 2.21. The molecule has 1 aliphatic heterocycles. The molecule has 1 unspecified atom stereocenters. The van der Waals surface area contributed by atoms with E-state index in [1.807, 2.05) is 17.9 Å². The molecule has 1 aliphatic rings. The van der Waals surface area contributed by atoms with Crippen molar-refractivity contribution in [2.75, 3.05) is 32.1 Å². The number of ether oxygens (including phenoxy) is 2. The summed E-state index contributed by atoms with van der Waals surface area (Å²) in [5.41, 5.74) is 3.03. The van der Waals surface area contributed by atoms with Crippen molar-refractivity contribution in [2.45, 2.75) is 39.3 Å². The van der Waals surface area contributed by atoms with Crippen LogP contribution in [-0.2, 0) is 11.3 Å². The third-order valence-corrected chi connectivity index (χ3v) is 7.65. The van der Waals surface area contributed by atoms with Gasteiger partial charge in [0.2, 0.25) is 11.9 Å². The molecule has 1 fully saturated rings. The van der Waals surface area contributed by atoms with E-state index in [2.05, 4.69) is 36.8 Å². The van der Waals surface area contributed by atoms with Gasteiger partial charge in [0.05, 0.1) is 24.9 Å². The number of aromatic nitrogens is 5.